The molecule has 2 nitrogen and oxygen atoms in total. The number of rotatable bonds is 7. The fraction of sp³-hybridized carbons (Fsp3) is 0.923. The van der Waals surface area contributed by atoms with Crippen molar-refractivity contribution in [3.63, 3.8) is 0 Å². The SMILES string of the molecule is CCCOC(=O)C(CC(C)C)CC(C)C. The Bertz CT molecular complexity index is 163. The summed E-state index contributed by atoms with van der Waals surface area (Å²) in [5, 5.41) is 0. The molecule has 0 atom stereocenters. The van der Waals surface area contributed by atoms with Crippen LogP contribution < -0.4 is 0 Å². The van der Waals surface area contributed by atoms with Crippen LogP contribution in [0.2, 0.25) is 0 Å². The molecule has 0 bridgehead atoms. The molecule has 2 heteroatoms. The molecule has 0 N–H and O–H groups in total. The molecule has 0 fully saturated rings. The predicted octanol–water partition coefficient (Wildman–Crippen LogP) is 3.65. The Morgan fingerprint density at radius 2 is 1.53 bits per heavy atom. The molecule has 0 saturated carbocycles. The molecule has 0 aliphatic rings. The molecule has 0 rings (SSSR count). The van der Waals surface area contributed by atoms with Gasteiger partial charge in [-0.25, -0.2) is 0 Å². The smallest absolute Gasteiger partial charge is 0.308 e. The van der Waals surface area contributed by atoms with E-state index >= 15 is 0 Å². The van der Waals surface area contributed by atoms with Gasteiger partial charge in [-0.3, -0.25) is 4.79 Å². The number of carbonyl (C=O) groups excluding carboxylic acids is 1. The summed E-state index contributed by atoms with van der Waals surface area (Å²) in [6, 6.07) is 0. The maximum atomic E-state index is 11.8. The van der Waals surface area contributed by atoms with E-state index in [1.54, 1.807) is 0 Å². The lowest BCUT2D eigenvalue weighted by molar-refractivity contribution is -0.149. The third-order valence-electron chi connectivity index (χ3n) is 2.29. The summed E-state index contributed by atoms with van der Waals surface area (Å²) in [5.74, 6) is 1.21. The van der Waals surface area contributed by atoms with Crippen LogP contribution in [0.25, 0.3) is 0 Å². The van der Waals surface area contributed by atoms with Gasteiger partial charge in [-0.1, -0.05) is 34.6 Å². The Morgan fingerprint density at radius 3 is 1.87 bits per heavy atom. The number of esters is 1. The van der Waals surface area contributed by atoms with E-state index in [-0.39, 0.29) is 11.9 Å². The highest BCUT2D eigenvalue weighted by molar-refractivity contribution is 5.72. The third-order valence-corrected chi connectivity index (χ3v) is 2.29. The van der Waals surface area contributed by atoms with Gasteiger partial charge in [0.2, 0.25) is 0 Å². The molecule has 0 aliphatic heterocycles. The molecule has 0 aromatic heterocycles. The van der Waals surface area contributed by atoms with Crippen LogP contribution in [0.5, 0.6) is 0 Å². The first-order valence-electron chi connectivity index (χ1n) is 6.14. The minimum atomic E-state index is -0.000694. The van der Waals surface area contributed by atoms with E-state index in [0.717, 1.165) is 19.3 Å². The first-order valence-corrected chi connectivity index (χ1v) is 6.14. The summed E-state index contributed by atoms with van der Waals surface area (Å²) >= 11 is 0. The van der Waals surface area contributed by atoms with Gasteiger partial charge in [0.15, 0.2) is 0 Å². The molecule has 0 saturated heterocycles. The van der Waals surface area contributed by atoms with Gasteiger partial charge in [-0.15, -0.1) is 0 Å². The Morgan fingerprint density at radius 1 is 1.07 bits per heavy atom. The van der Waals surface area contributed by atoms with Crippen LogP contribution >= 0.6 is 0 Å². The average Bonchev–Trinajstić information content (AvgIpc) is 2.11. The minimum Gasteiger partial charge on any atom is -0.465 e. The van der Waals surface area contributed by atoms with Crippen molar-refractivity contribution in [3.05, 3.63) is 0 Å². The summed E-state index contributed by atoms with van der Waals surface area (Å²) in [6.45, 7) is 11.2. The van der Waals surface area contributed by atoms with Gasteiger partial charge in [0.25, 0.3) is 0 Å². The molecule has 0 spiro atoms. The van der Waals surface area contributed by atoms with Crippen molar-refractivity contribution >= 4 is 5.97 Å². The van der Waals surface area contributed by atoms with Crippen molar-refractivity contribution in [3.8, 4) is 0 Å². The van der Waals surface area contributed by atoms with Crippen molar-refractivity contribution in [2.45, 2.75) is 53.9 Å². The van der Waals surface area contributed by atoms with E-state index in [1.165, 1.54) is 0 Å². The van der Waals surface area contributed by atoms with Gasteiger partial charge in [0, 0.05) is 0 Å². The molecule has 0 aromatic carbocycles. The fourth-order valence-corrected chi connectivity index (χ4v) is 1.75. The highest BCUT2D eigenvalue weighted by Gasteiger charge is 2.21. The minimum absolute atomic E-state index is 0.000694. The zero-order valence-electron chi connectivity index (χ0n) is 10.9. The maximum absolute atomic E-state index is 11.8. The second kappa shape index (κ2) is 7.72. The van der Waals surface area contributed by atoms with Crippen LogP contribution in [0.3, 0.4) is 0 Å². The molecule has 0 heterocycles. The van der Waals surface area contributed by atoms with Crippen molar-refractivity contribution < 1.29 is 9.53 Å². The lowest BCUT2D eigenvalue weighted by Crippen LogP contribution is -2.21. The first-order chi connectivity index (χ1) is 6.97. The summed E-state index contributed by atoms with van der Waals surface area (Å²) in [7, 11) is 0. The van der Waals surface area contributed by atoms with Crippen LogP contribution in [0.15, 0.2) is 0 Å². The van der Waals surface area contributed by atoms with Crippen molar-refractivity contribution in [2.24, 2.45) is 17.8 Å². The van der Waals surface area contributed by atoms with Gasteiger partial charge in [-0.05, 0) is 31.1 Å². The number of hydrogen-bond acceptors (Lipinski definition) is 2. The van der Waals surface area contributed by atoms with Gasteiger partial charge in [0.1, 0.15) is 0 Å². The zero-order valence-corrected chi connectivity index (χ0v) is 10.9. The highest BCUT2D eigenvalue weighted by atomic mass is 16.5. The van der Waals surface area contributed by atoms with E-state index < -0.39 is 0 Å². The molecule has 15 heavy (non-hydrogen) atoms. The van der Waals surface area contributed by atoms with Crippen LogP contribution in [-0.4, -0.2) is 12.6 Å². The summed E-state index contributed by atoms with van der Waals surface area (Å²) in [5.41, 5.74) is 0. The van der Waals surface area contributed by atoms with Crippen LogP contribution in [0.4, 0.5) is 0 Å². The van der Waals surface area contributed by atoms with Crippen LogP contribution in [0.1, 0.15) is 53.9 Å². The van der Waals surface area contributed by atoms with Crippen molar-refractivity contribution in [1.29, 1.82) is 0 Å². The van der Waals surface area contributed by atoms with E-state index in [2.05, 4.69) is 27.7 Å². The monoisotopic (exact) mass is 214 g/mol. The molecule has 0 radical (unpaired) electrons. The standard InChI is InChI=1S/C13H26O2/c1-6-7-15-13(14)12(8-10(2)3)9-11(4)5/h10-12H,6-9H2,1-5H3. The molecule has 0 amide bonds. The van der Waals surface area contributed by atoms with Crippen molar-refractivity contribution in [1.82, 2.24) is 0 Å². The van der Waals surface area contributed by atoms with Crippen LogP contribution in [0, 0.1) is 17.8 Å². The quantitative estimate of drug-likeness (QED) is 0.605. The third kappa shape index (κ3) is 7.40. The Kier molecular flexibility index (Phi) is 7.45. The first kappa shape index (κ1) is 14.5. The topological polar surface area (TPSA) is 26.3 Å². The van der Waals surface area contributed by atoms with E-state index in [1.807, 2.05) is 6.92 Å². The van der Waals surface area contributed by atoms with E-state index in [9.17, 15) is 4.79 Å². The lowest BCUT2D eigenvalue weighted by atomic mass is 9.89. The van der Waals surface area contributed by atoms with Gasteiger partial charge in [-0.2, -0.15) is 0 Å². The number of ether oxygens (including phenoxy) is 1. The molecular formula is C13H26O2. The summed E-state index contributed by atoms with van der Waals surface area (Å²) < 4.78 is 5.22. The predicted molar refractivity (Wildman–Crippen MR) is 63.7 cm³/mol. The largest absolute Gasteiger partial charge is 0.465 e. The van der Waals surface area contributed by atoms with E-state index in [0.29, 0.717) is 18.4 Å². The molecule has 0 unspecified atom stereocenters. The molecule has 0 aliphatic carbocycles. The summed E-state index contributed by atoms with van der Waals surface area (Å²) in [6.07, 6.45) is 2.79. The van der Waals surface area contributed by atoms with Crippen molar-refractivity contribution in [2.75, 3.05) is 6.61 Å². The van der Waals surface area contributed by atoms with Gasteiger partial charge >= 0.3 is 5.97 Å². The normalized spacial score (nSPS) is 11.5. The van der Waals surface area contributed by atoms with Crippen LogP contribution in [-0.2, 0) is 9.53 Å². The zero-order chi connectivity index (χ0) is 11.8. The lowest BCUT2D eigenvalue weighted by Gasteiger charge is -2.19. The second-order valence-electron chi connectivity index (χ2n) is 5.12. The maximum Gasteiger partial charge on any atom is 0.308 e. The van der Waals surface area contributed by atoms with Gasteiger partial charge in [0.05, 0.1) is 12.5 Å². The molecule has 0 aromatic rings. The molecular weight excluding hydrogens is 188 g/mol. The molecule has 90 valence electrons. The highest BCUT2D eigenvalue weighted by Crippen LogP contribution is 2.21. The van der Waals surface area contributed by atoms with E-state index in [4.69, 9.17) is 4.74 Å². The van der Waals surface area contributed by atoms with Gasteiger partial charge < -0.3 is 4.74 Å². The average molecular weight is 214 g/mol. The number of hydrogen-bond donors (Lipinski definition) is 0. The summed E-state index contributed by atoms with van der Waals surface area (Å²) in [4.78, 5) is 11.8. The Hall–Kier alpha value is -0.530. The Balaban J connectivity index is 4.14. The number of carbonyl (C=O) groups is 1. The fourth-order valence-electron chi connectivity index (χ4n) is 1.75. The Labute approximate surface area is 94.4 Å². The second-order valence-corrected chi connectivity index (χ2v) is 5.12.